The highest BCUT2D eigenvalue weighted by molar-refractivity contribution is 5.23. The molecule has 1 heterocycles. The summed E-state index contributed by atoms with van der Waals surface area (Å²) in [6.07, 6.45) is 4.89. The Balaban J connectivity index is 2.85. The lowest BCUT2D eigenvalue weighted by Crippen LogP contribution is -2.25. The molecular weight excluding hydrogens is 234 g/mol. The van der Waals surface area contributed by atoms with Gasteiger partial charge in [0.1, 0.15) is 0 Å². The third-order valence-corrected chi connectivity index (χ3v) is 3.58. The van der Waals surface area contributed by atoms with Crippen molar-refractivity contribution >= 4 is 0 Å². The zero-order valence-corrected chi connectivity index (χ0v) is 13.2. The molecule has 2 unspecified atom stereocenters. The highest BCUT2D eigenvalue weighted by atomic mass is 15.1. The zero-order chi connectivity index (χ0) is 14.3. The predicted octanol–water partition coefficient (Wildman–Crippen LogP) is 3.96. The number of nitrogens with one attached hydrogen (secondary N) is 1. The van der Waals surface area contributed by atoms with Crippen LogP contribution in [-0.2, 0) is 0 Å². The average Bonchev–Trinajstić information content (AvgIpc) is 2.38. The van der Waals surface area contributed by atoms with Gasteiger partial charge in [-0.1, -0.05) is 33.6 Å². The summed E-state index contributed by atoms with van der Waals surface area (Å²) < 4.78 is 0. The maximum Gasteiger partial charge on any atom is 0.0648 e. The highest BCUT2D eigenvalue weighted by Gasteiger charge is 2.17. The molecule has 3 heteroatoms. The van der Waals surface area contributed by atoms with Crippen LogP contribution in [0.25, 0.3) is 0 Å². The minimum absolute atomic E-state index is 0.413. The van der Waals surface area contributed by atoms with Gasteiger partial charge in [-0.25, -0.2) is 0 Å². The lowest BCUT2D eigenvalue weighted by molar-refractivity contribution is 0.388. The summed E-state index contributed by atoms with van der Waals surface area (Å²) in [4.78, 5) is 0. The Hall–Kier alpha value is -0.960. The molecule has 0 bridgehead atoms. The Bertz CT molecular complexity index is 376. The minimum Gasteiger partial charge on any atom is -0.310 e. The van der Waals surface area contributed by atoms with Crippen molar-refractivity contribution in [2.75, 3.05) is 6.54 Å². The molecule has 0 aliphatic carbocycles. The van der Waals surface area contributed by atoms with Gasteiger partial charge < -0.3 is 5.32 Å². The number of hydrogen-bond donors (Lipinski definition) is 1. The summed E-state index contributed by atoms with van der Waals surface area (Å²) in [6, 6.07) is 2.60. The number of nitrogens with zero attached hydrogens (tertiary/aromatic N) is 2. The van der Waals surface area contributed by atoms with Crippen molar-refractivity contribution in [3.63, 3.8) is 0 Å². The van der Waals surface area contributed by atoms with Gasteiger partial charge in [-0.2, -0.15) is 10.2 Å². The first-order valence-electron chi connectivity index (χ1n) is 7.62. The van der Waals surface area contributed by atoms with Gasteiger partial charge in [0.05, 0.1) is 11.4 Å². The van der Waals surface area contributed by atoms with Crippen LogP contribution in [0.3, 0.4) is 0 Å². The Kier molecular flexibility index (Phi) is 7.00. The van der Waals surface area contributed by atoms with Gasteiger partial charge in [0.15, 0.2) is 0 Å². The molecule has 1 aromatic heterocycles. The van der Waals surface area contributed by atoms with E-state index in [2.05, 4.69) is 49.3 Å². The third kappa shape index (κ3) is 5.27. The van der Waals surface area contributed by atoms with Crippen molar-refractivity contribution in [3.05, 3.63) is 23.0 Å². The molecule has 19 heavy (non-hydrogen) atoms. The molecule has 0 spiro atoms. The van der Waals surface area contributed by atoms with Gasteiger partial charge in [0, 0.05) is 6.04 Å². The fraction of sp³-hybridized carbons (Fsp3) is 0.750. The van der Waals surface area contributed by atoms with Crippen molar-refractivity contribution < 1.29 is 0 Å². The molecule has 1 N–H and O–H groups in total. The number of aryl methyl sites for hydroxylation is 2. The number of rotatable bonds is 8. The average molecular weight is 263 g/mol. The van der Waals surface area contributed by atoms with E-state index in [1.807, 2.05) is 6.92 Å². The van der Waals surface area contributed by atoms with Crippen LogP contribution in [0.1, 0.15) is 69.4 Å². The lowest BCUT2D eigenvalue weighted by atomic mass is 9.92. The van der Waals surface area contributed by atoms with Gasteiger partial charge >= 0.3 is 0 Å². The molecule has 1 rings (SSSR count). The predicted molar refractivity (Wildman–Crippen MR) is 81.2 cm³/mol. The van der Waals surface area contributed by atoms with Gasteiger partial charge in [0.25, 0.3) is 0 Å². The smallest absolute Gasteiger partial charge is 0.0648 e. The Morgan fingerprint density at radius 3 is 2.53 bits per heavy atom. The van der Waals surface area contributed by atoms with Gasteiger partial charge in [0.2, 0.25) is 0 Å². The summed E-state index contributed by atoms with van der Waals surface area (Å²) in [5.74, 6) is 0.743. The number of aromatic nitrogens is 2. The van der Waals surface area contributed by atoms with Gasteiger partial charge in [-0.05, 0) is 50.8 Å². The van der Waals surface area contributed by atoms with Crippen LogP contribution in [0, 0.1) is 19.8 Å². The molecular formula is C16H29N3. The molecule has 0 radical (unpaired) electrons. The third-order valence-electron chi connectivity index (χ3n) is 3.58. The quantitative estimate of drug-likeness (QED) is 0.771. The van der Waals surface area contributed by atoms with Gasteiger partial charge in [-0.15, -0.1) is 0 Å². The van der Waals surface area contributed by atoms with Crippen LogP contribution in [-0.4, -0.2) is 16.7 Å². The maximum absolute atomic E-state index is 4.27. The summed E-state index contributed by atoms with van der Waals surface area (Å²) in [7, 11) is 0. The maximum atomic E-state index is 4.27. The standard InChI is InChI=1S/C16H29N3/c1-6-8-12(3)10-16(17-9-7-2)15-11-13(4)18-19-14(15)5/h11-12,16-17H,6-10H2,1-5H3. The van der Waals surface area contributed by atoms with Gasteiger partial charge in [-0.3, -0.25) is 0 Å². The fourth-order valence-corrected chi connectivity index (χ4v) is 2.57. The molecule has 0 aliphatic rings. The van der Waals surface area contributed by atoms with E-state index < -0.39 is 0 Å². The molecule has 3 nitrogen and oxygen atoms in total. The topological polar surface area (TPSA) is 37.8 Å². The summed E-state index contributed by atoms with van der Waals surface area (Å²) in [6.45, 7) is 12.0. The van der Waals surface area contributed by atoms with E-state index >= 15 is 0 Å². The normalized spacial score (nSPS) is 14.4. The van der Waals surface area contributed by atoms with Crippen LogP contribution in [0.5, 0.6) is 0 Å². The van der Waals surface area contributed by atoms with Crippen LogP contribution in [0.2, 0.25) is 0 Å². The van der Waals surface area contributed by atoms with E-state index in [4.69, 9.17) is 0 Å². The fourth-order valence-electron chi connectivity index (χ4n) is 2.57. The van der Waals surface area contributed by atoms with E-state index in [1.165, 1.54) is 24.8 Å². The molecule has 2 atom stereocenters. The first-order chi connectivity index (χ1) is 9.08. The molecule has 0 aliphatic heterocycles. The zero-order valence-electron chi connectivity index (χ0n) is 13.2. The summed E-state index contributed by atoms with van der Waals surface area (Å²) in [5.41, 5.74) is 3.39. The van der Waals surface area contributed by atoms with Crippen molar-refractivity contribution in [1.82, 2.24) is 15.5 Å². The Morgan fingerprint density at radius 1 is 1.16 bits per heavy atom. The second-order valence-electron chi connectivity index (χ2n) is 5.66. The second kappa shape index (κ2) is 8.26. The van der Waals surface area contributed by atoms with Crippen LogP contribution >= 0.6 is 0 Å². The molecule has 1 aromatic rings. The molecule has 108 valence electrons. The van der Waals surface area contributed by atoms with E-state index in [0.717, 1.165) is 30.3 Å². The molecule has 0 saturated carbocycles. The van der Waals surface area contributed by atoms with Crippen LogP contribution in [0.4, 0.5) is 0 Å². The first kappa shape index (κ1) is 16.1. The Morgan fingerprint density at radius 2 is 1.89 bits per heavy atom. The molecule has 0 fully saturated rings. The lowest BCUT2D eigenvalue weighted by Gasteiger charge is -2.23. The highest BCUT2D eigenvalue weighted by Crippen LogP contribution is 2.25. The SMILES string of the molecule is CCCNC(CC(C)CCC)c1cc(C)nnc1C. The molecule has 0 aromatic carbocycles. The van der Waals surface area contributed by atoms with Crippen molar-refractivity contribution in [3.8, 4) is 0 Å². The van der Waals surface area contributed by atoms with E-state index in [0.29, 0.717) is 6.04 Å². The minimum atomic E-state index is 0.413. The summed E-state index contributed by atoms with van der Waals surface area (Å²) >= 11 is 0. The molecule has 0 amide bonds. The van der Waals surface area contributed by atoms with Crippen LogP contribution < -0.4 is 5.32 Å². The first-order valence-corrected chi connectivity index (χ1v) is 7.62. The van der Waals surface area contributed by atoms with E-state index in [-0.39, 0.29) is 0 Å². The monoisotopic (exact) mass is 263 g/mol. The second-order valence-corrected chi connectivity index (χ2v) is 5.66. The Labute approximate surface area is 118 Å². The molecule has 0 saturated heterocycles. The van der Waals surface area contributed by atoms with Crippen molar-refractivity contribution in [1.29, 1.82) is 0 Å². The largest absolute Gasteiger partial charge is 0.310 e. The van der Waals surface area contributed by atoms with Crippen molar-refractivity contribution in [2.24, 2.45) is 5.92 Å². The van der Waals surface area contributed by atoms with Crippen LogP contribution in [0.15, 0.2) is 6.07 Å². The van der Waals surface area contributed by atoms with E-state index in [1.54, 1.807) is 0 Å². The van der Waals surface area contributed by atoms with Crippen molar-refractivity contribution in [2.45, 2.75) is 66.3 Å². The summed E-state index contributed by atoms with van der Waals surface area (Å²) in [5, 5.41) is 12.1. The number of hydrogen-bond acceptors (Lipinski definition) is 3. The van der Waals surface area contributed by atoms with E-state index in [9.17, 15) is 0 Å².